The molecule has 0 N–H and O–H groups in total. The Morgan fingerprint density at radius 2 is 1.29 bits per heavy atom. The Bertz CT molecular complexity index is 1340. The van der Waals surface area contributed by atoms with Crippen LogP contribution in [-0.2, 0) is 30.2 Å². The van der Waals surface area contributed by atoms with Crippen molar-refractivity contribution in [2.45, 2.75) is 33.1 Å². The number of methoxy groups -OCH3 is 1. The first kappa shape index (κ1) is 32.2. The number of ether oxygens (including phenoxy) is 5. The lowest BCUT2D eigenvalue weighted by Crippen LogP contribution is -2.15. The number of unbranched alkanes of at least 4 members (excludes halogenated alkanes) is 1. The van der Waals surface area contributed by atoms with Gasteiger partial charge in [-0.3, -0.25) is 0 Å². The average Bonchev–Trinajstić information content (AvgIpc) is 3.00. The molecule has 0 unspecified atom stereocenters. The molecule has 0 aliphatic carbocycles. The largest absolute Gasteiger partial charge is 0.490 e. The second-order valence-electron chi connectivity index (χ2n) is 9.82. The third-order valence-corrected chi connectivity index (χ3v) is 6.37. The maximum Gasteiger partial charge on any atom is 0.335 e. The first-order chi connectivity index (χ1) is 20.3. The van der Waals surface area contributed by atoms with Gasteiger partial charge in [0.15, 0.2) is 0 Å². The van der Waals surface area contributed by atoms with Crippen LogP contribution in [0.2, 0.25) is 0 Å². The topological polar surface area (TPSA) is 80.3 Å². The molecule has 0 radical (unpaired) electrons. The lowest BCUT2D eigenvalue weighted by molar-refractivity contribution is -0.140. The van der Waals surface area contributed by atoms with E-state index in [1.165, 1.54) is 12.7 Å². The van der Waals surface area contributed by atoms with Gasteiger partial charge in [0.05, 0.1) is 12.2 Å². The zero-order valence-corrected chi connectivity index (χ0v) is 24.8. The van der Waals surface area contributed by atoms with E-state index in [2.05, 4.69) is 44.3 Å². The highest BCUT2D eigenvalue weighted by Gasteiger charge is 2.12. The standard InChI is InChI=1S/C35H40O7/c1-6-7-8-27-9-11-29(12-10-27)33-23-31(40-20-21-41-34(36)25(2)3)17-18-32(33)28-13-15-30(16-14-28)39-19-22-42-35(37)26(4)24-38-5/h9-18,23H,2,4,6-8,19-22,24H2,1,3,5H3. The van der Waals surface area contributed by atoms with Crippen molar-refractivity contribution in [1.29, 1.82) is 0 Å². The minimum atomic E-state index is -0.498. The van der Waals surface area contributed by atoms with Crippen LogP contribution in [0.25, 0.3) is 22.3 Å². The molecule has 3 aromatic rings. The lowest BCUT2D eigenvalue weighted by Gasteiger charge is -2.15. The van der Waals surface area contributed by atoms with E-state index < -0.39 is 11.9 Å². The average molecular weight is 573 g/mol. The van der Waals surface area contributed by atoms with Crippen molar-refractivity contribution in [3.8, 4) is 33.8 Å². The summed E-state index contributed by atoms with van der Waals surface area (Å²) in [4.78, 5) is 23.5. The van der Waals surface area contributed by atoms with Crippen LogP contribution < -0.4 is 9.47 Å². The van der Waals surface area contributed by atoms with Crippen LogP contribution in [0.15, 0.2) is 91.0 Å². The monoisotopic (exact) mass is 572 g/mol. The Labute approximate surface area is 248 Å². The third kappa shape index (κ3) is 9.93. The highest BCUT2D eigenvalue weighted by molar-refractivity contribution is 5.88. The van der Waals surface area contributed by atoms with Gasteiger partial charge in [0, 0.05) is 12.7 Å². The smallest absolute Gasteiger partial charge is 0.335 e. The zero-order valence-electron chi connectivity index (χ0n) is 24.8. The van der Waals surface area contributed by atoms with E-state index in [0.717, 1.165) is 41.5 Å². The normalized spacial score (nSPS) is 10.5. The number of rotatable bonds is 17. The molecule has 7 heteroatoms. The lowest BCUT2D eigenvalue weighted by atomic mass is 9.93. The van der Waals surface area contributed by atoms with Crippen molar-refractivity contribution in [1.82, 2.24) is 0 Å². The van der Waals surface area contributed by atoms with Gasteiger partial charge in [0.1, 0.15) is 37.9 Å². The molecule has 0 saturated carbocycles. The molecule has 0 saturated heterocycles. The van der Waals surface area contributed by atoms with Crippen molar-refractivity contribution in [2.75, 3.05) is 40.1 Å². The molecular weight excluding hydrogens is 532 g/mol. The van der Waals surface area contributed by atoms with Crippen LogP contribution in [-0.4, -0.2) is 52.1 Å². The summed E-state index contributed by atoms with van der Waals surface area (Å²) in [6.07, 6.45) is 3.37. The maximum atomic E-state index is 11.8. The predicted molar refractivity (Wildman–Crippen MR) is 165 cm³/mol. The van der Waals surface area contributed by atoms with E-state index >= 15 is 0 Å². The summed E-state index contributed by atoms with van der Waals surface area (Å²) in [6, 6.07) is 22.3. The Kier molecular flexibility index (Phi) is 12.9. The molecule has 222 valence electrons. The molecule has 0 heterocycles. The number of hydrogen-bond acceptors (Lipinski definition) is 7. The predicted octanol–water partition coefficient (Wildman–Crippen LogP) is 6.99. The highest BCUT2D eigenvalue weighted by Crippen LogP contribution is 2.36. The number of carbonyl (C=O) groups is 2. The Morgan fingerprint density at radius 3 is 1.90 bits per heavy atom. The third-order valence-electron chi connectivity index (χ3n) is 6.37. The molecule has 0 atom stereocenters. The second-order valence-corrected chi connectivity index (χ2v) is 9.82. The van der Waals surface area contributed by atoms with Gasteiger partial charge in [-0.25, -0.2) is 9.59 Å². The minimum absolute atomic E-state index is 0.107. The van der Waals surface area contributed by atoms with Gasteiger partial charge in [0.2, 0.25) is 0 Å². The van der Waals surface area contributed by atoms with Crippen molar-refractivity contribution in [2.24, 2.45) is 0 Å². The van der Waals surface area contributed by atoms with Gasteiger partial charge in [-0.2, -0.15) is 0 Å². The van der Waals surface area contributed by atoms with E-state index in [1.807, 2.05) is 42.5 Å². The van der Waals surface area contributed by atoms with Crippen molar-refractivity contribution in [3.05, 3.63) is 96.6 Å². The Morgan fingerprint density at radius 1 is 0.714 bits per heavy atom. The molecular formula is C35H40O7. The highest BCUT2D eigenvalue weighted by atomic mass is 16.6. The van der Waals surface area contributed by atoms with Gasteiger partial charge >= 0.3 is 11.9 Å². The first-order valence-electron chi connectivity index (χ1n) is 14.1. The summed E-state index contributed by atoms with van der Waals surface area (Å²) < 4.78 is 26.9. The summed E-state index contributed by atoms with van der Waals surface area (Å²) in [6.45, 7) is 11.8. The fourth-order valence-corrected chi connectivity index (χ4v) is 4.11. The second kappa shape index (κ2) is 16.8. The molecule has 0 spiro atoms. The molecule has 42 heavy (non-hydrogen) atoms. The molecule has 0 aliphatic heterocycles. The first-order valence-corrected chi connectivity index (χ1v) is 14.1. The SMILES string of the molecule is C=C(C)C(=O)OCCOc1ccc(-c2ccc(OCCOC(=O)C(=C)COC)cc2)c(-c2ccc(CCCC)cc2)c1. The van der Waals surface area contributed by atoms with E-state index in [9.17, 15) is 9.59 Å². The summed E-state index contributed by atoms with van der Waals surface area (Å²) in [5.41, 5.74) is 6.06. The minimum Gasteiger partial charge on any atom is -0.490 e. The molecule has 0 bridgehead atoms. The molecule has 0 aliphatic rings. The fourth-order valence-electron chi connectivity index (χ4n) is 4.11. The Balaban J connectivity index is 1.73. The number of benzene rings is 3. The van der Waals surface area contributed by atoms with E-state index in [0.29, 0.717) is 17.1 Å². The zero-order chi connectivity index (χ0) is 30.3. The summed E-state index contributed by atoms with van der Waals surface area (Å²) in [5, 5.41) is 0. The number of hydrogen-bond donors (Lipinski definition) is 0. The molecule has 0 fully saturated rings. The number of carbonyl (C=O) groups excluding carboxylic acids is 2. The van der Waals surface area contributed by atoms with E-state index in [-0.39, 0.29) is 38.6 Å². The molecule has 0 amide bonds. The van der Waals surface area contributed by atoms with Crippen LogP contribution >= 0.6 is 0 Å². The number of esters is 2. The summed E-state index contributed by atoms with van der Waals surface area (Å²) in [5.74, 6) is 0.413. The molecule has 7 nitrogen and oxygen atoms in total. The maximum absolute atomic E-state index is 11.8. The fraction of sp³-hybridized carbons (Fsp3) is 0.314. The van der Waals surface area contributed by atoms with Gasteiger partial charge < -0.3 is 23.7 Å². The van der Waals surface area contributed by atoms with Crippen LogP contribution in [0, 0.1) is 0 Å². The van der Waals surface area contributed by atoms with Crippen LogP contribution in [0.1, 0.15) is 32.3 Å². The van der Waals surface area contributed by atoms with E-state index in [4.69, 9.17) is 23.7 Å². The van der Waals surface area contributed by atoms with Crippen LogP contribution in [0.4, 0.5) is 0 Å². The molecule has 0 aromatic heterocycles. The molecule has 3 rings (SSSR count). The van der Waals surface area contributed by atoms with Crippen LogP contribution in [0.5, 0.6) is 11.5 Å². The van der Waals surface area contributed by atoms with Crippen LogP contribution in [0.3, 0.4) is 0 Å². The summed E-state index contributed by atoms with van der Waals surface area (Å²) in [7, 11) is 1.49. The van der Waals surface area contributed by atoms with E-state index in [1.54, 1.807) is 6.92 Å². The van der Waals surface area contributed by atoms with Crippen molar-refractivity contribution < 1.29 is 33.3 Å². The Hall–Kier alpha value is -4.36. The molecule has 3 aromatic carbocycles. The quantitative estimate of drug-likeness (QED) is 0.0980. The van der Waals surface area contributed by atoms with Gasteiger partial charge in [-0.15, -0.1) is 0 Å². The number of aryl methyl sites for hydroxylation is 1. The van der Waals surface area contributed by atoms with Gasteiger partial charge in [-0.1, -0.05) is 69.0 Å². The van der Waals surface area contributed by atoms with Gasteiger partial charge in [0.25, 0.3) is 0 Å². The van der Waals surface area contributed by atoms with Gasteiger partial charge in [-0.05, 0) is 71.8 Å². The van der Waals surface area contributed by atoms with Crippen molar-refractivity contribution in [3.63, 3.8) is 0 Å². The summed E-state index contributed by atoms with van der Waals surface area (Å²) >= 11 is 0. The van der Waals surface area contributed by atoms with Crippen molar-refractivity contribution >= 4 is 11.9 Å².